The van der Waals surface area contributed by atoms with E-state index in [1.54, 1.807) is 7.11 Å². The summed E-state index contributed by atoms with van der Waals surface area (Å²) in [6.45, 7) is 2.66. The predicted molar refractivity (Wildman–Crippen MR) is 61.7 cm³/mol. The van der Waals surface area contributed by atoms with Crippen molar-refractivity contribution < 1.29 is 14.6 Å². The number of methoxy groups -OCH3 is 1. The summed E-state index contributed by atoms with van der Waals surface area (Å²) >= 11 is 0. The number of benzene rings is 1. The minimum Gasteiger partial charge on any atom is -0.496 e. The normalized spacial score (nSPS) is 25.4. The van der Waals surface area contributed by atoms with Crippen LogP contribution in [0.2, 0.25) is 0 Å². The highest BCUT2D eigenvalue weighted by molar-refractivity contribution is 5.41. The molecule has 1 saturated heterocycles. The number of ether oxygens (including phenoxy) is 2. The summed E-state index contributed by atoms with van der Waals surface area (Å²) in [6.07, 6.45) is 1.08. The van der Waals surface area contributed by atoms with Crippen LogP contribution in [-0.4, -0.2) is 24.9 Å². The van der Waals surface area contributed by atoms with E-state index in [9.17, 15) is 5.11 Å². The van der Waals surface area contributed by atoms with E-state index < -0.39 is 0 Å². The quantitative estimate of drug-likeness (QED) is 0.833. The van der Waals surface area contributed by atoms with Crippen molar-refractivity contribution >= 4 is 0 Å². The number of aryl methyl sites for hydroxylation is 1. The maximum atomic E-state index is 9.67. The van der Waals surface area contributed by atoms with E-state index in [0.717, 1.165) is 23.3 Å². The smallest absolute Gasteiger partial charge is 0.124 e. The second kappa shape index (κ2) is 4.85. The van der Waals surface area contributed by atoms with Gasteiger partial charge in [-0.25, -0.2) is 0 Å². The molecule has 1 heterocycles. The Morgan fingerprint density at radius 3 is 2.94 bits per heavy atom. The van der Waals surface area contributed by atoms with Crippen molar-refractivity contribution in [1.29, 1.82) is 0 Å². The summed E-state index contributed by atoms with van der Waals surface area (Å²) in [5.74, 6) is 0.846. The molecule has 88 valence electrons. The van der Waals surface area contributed by atoms with E-state index in [1.165, 1.54) is 0 Å². The summed E-state index contributed by atoms with van der Waals surface area (Å²) in [4.78, 5) is 0. The standard InChI is InChI=1S/C13H18O3/c1-9-4-3-5-11(15-2)13(9)12-8-10(14)6-7-16-12/h3-5,10,12,14H,6-8H2,1-2H3. The van der Waals surface area contributed by atoms with Gasteiger partial charge < -0.3 is 14.6 Å². The summed E-state index contributed by atoms with van der Waals surface area (Å²) in [7, 11) is 1.66. The third-order valence-electron chi connectivity index (χ3n) is 3.08. The fourth-order valence-electron chi connectivity index (χ4n) is 2.22. The van der Waals surface area contributed by atoms with Gasteiger partial charge >= 0.3 is 0 Å². The Morgan fingerprint density at radius 1 is 1.44 bits per heavy atom. The molecule has 0 spiro atoms. The number of aliphatic hydroxyl groups is 1. The topological polar surface area (TPSA) is 38.7 Å². The highest BCUT2D eigenvalue weighted by atomic mass is 16.5. The first-order valence-corrected chi connectivity index (χ1v) is 5.65. The summed E-state index contributed by atoms with van der Waals surface area (Å²) in [5, 5.41) is 9.67. The van der Waals surface area contributed by atoms with Crippen molar-refractivity contribution in [3.63, 3.8) is 0 Å². The Bertz CT molecular complexity index is 362. The summed E-state index contributed by atoms with van der Waals surface area (Å²) in [6, 6.07) is 5.95. The molecule has 0 aromatic heterocycles. The fraction of sp³-hybridized carbons (Fsp3) is 0.538. The number of hydrogen-bond acceptors (Lipinski definition) is 3. The molecule has 3 nitrogen and oxygen atoms in total. The van der Waals surface area contributed by atoms with E-state index in [-0.39, 0.29) is 12.2 Å². The Hall–Kier alpha value is -1.06. The third kappa shape index (κ3) is 2.20. The van der Waals surface area contributed by atoms with Gasteiger partial charge in [-0.1, -0.05) is 12.1 Å². The maximum absolute atomic E-state index is 9.67. The van der Waals surface area contributed by atoms with Crippen molar-refractivity contribution in [3.8, 4) is 5.75 Å². The lowest BCUT2D eigenvalue weighted by Gasteiger charge is -2.28. The molecule has 1 fully saturated rings. The van der Waals surface area contributed by atoms with Gasteiger partial charge in [0.05, 0.1) is 19.3 Å². The maximum Gasteiger partial charge on any atom is 0.124 e. The van der Waals surface area contributed by atoms with Crippen LogP contribution < -0.4 is 4.74 Å². The minimum absolute atomic E-state index is 0.0418. The molecule has 2 atom stereocenters. The number of aliphatic hydroxyl groups excluding tert-OH is 1. The molecule has 1 aromatic rings. The summed E-state index contributed by atoms with van der Waals surface area (Å²) in [5.41, 5.74) is 2.22. The molecule has 2 unspecified atom stereocenters. The van der Waals surface area contributed by atoms with Gasteiger partial charge in [-0.05, 0) is 25.0 Å². The van der Waals surface area contributed by atoms with Crippen LogP contribution in [0, 0.1) is 6.92 Å². The lowest BCUT2D eigenvalue weighted by molar-refractivity contribution is -0.0458. The Labute approximate surface area is 96.0 Å². The highest BCUT2D eigenvalue weighted by Crippen LogP contribution is 2.36. The zero-order chi connectivity index (χ0) is 11.5. The zero-order valence-electron chi connectivity index (χ0n) is 9.77. The van der Waals surface area contributed by atoms with E-state index in [4.69, 9.17) is 9.47 Å². The van der Waals surface area contributed by atoms with Crippen LogP contribution >= 0.6 is 0 Å². The molecule has 0 bridgehead atoms. The van der Waals surface area contributed by atoms with Gasteiger partial charge in [0.2, 0.25) is 0 Å². The molecule has 1 N–H and O–H groups in total. The van der Waals surface area contributed by atoms with E-state index >= 15 is 0 Å². The summed E-state index contributed by atoms with van der Waals surface area (Å²) < 4.78 is 11.1. The molecule has 3 heteroatoms. The first kappa shape index (κ1) is 11.4. The molecular weight excluding hydrogens is 204 g/mol. The van der Waals surface area contributed by atoms with Gasteiger partial charge in [-0.15, -0.1) is 0 Å². The fourth-order valence-corrected chi connectivity index (χ4v) is 2.22. The predicted octanol–water partition coefficient (Wildman–Crippen LogP) is 2.22. The minimum atomic E-state index is -0.261. The molecule has 0 radical (unpaired) electrons. The van der Waals surface area contributed by atoms with Gasteiger partial charge in [0.1, 0.15) is 5.75 Å². The average molecular weight is 222 g/mol. The van der Waals surface area contributed by atoms with Crippen molar-refractivity contribution in [2.45, 2.75) is 32.0 Å². The lowest BCUT2D eigenvalue weighted by atomic mass is 9.95. The van der Waals surface area contributed by atoms with Gasteiger partial charge in [-0.3, -0.25) is 0 Å². The van der Waals surface area contributed by atoms with Gasteiger partial charge in [-0.2, -0.15) is 0 Å². The first-order chi connectivity index (χ1) is 7.72. The Kier molecular flexibility index (Phi) is 3.46. The monoisotopic (exact) mass is 222 g/mol. The second-order valence-electron chi connectivity index (χ2n) is 4.23. The van der Waals surface area contributed by atoms with Gasteiger partial charge in [0.25, 0.3) is 0 Å². The SMILES string of the molecule is COc1cccc(C)c1C1CC(O)CCO1. The van der Waals surface area contributed by atoms with E-state index in [0.29, 0.717) is 13.0 Å². The molecule has 16 heavy (non-hydrogen) atoms. The number of hydrogen-bond donors (Lipinski definition) is 1. The molecule has 1 aliphatic heterocycles. The molecule has 1 aromatic carbocycles. The van der Waals surface area contributed by atoms with Crippen molar-refractivity contribution in [1.82, 2.24) is 0 Å². The lowest BCUT2D eigenvalue weighted by Crippen LogP contribution is -2.24. The number of rotatable bonds is 2. The van der Waals surface area contributed by atoms with Crippen LogP contribution in [0.15, 0.2) is 18.2 Å². The van der Waals surface area contributed by atoms with Gasteiger partial charge in [0.15, 0.2) is 0 Å². The Morgan fingerprint density at radius 2 is 2.25 bits per heavy atom. The molecule has 0 amide bonds. The molecular formula is C13H18O3. The second-order valence-corrected chi connectivity index (χ2v) is 4.23. The van der Waals surface area contributed by atoms with Crippen LogP contribution in [0.3, 0.4) is 0 Å². The van der Waals surface area contributed by atoms with Crippen LogP contribution in [0.4, 0.5) is 0 Å². The van der Waals surface area contributed by atoms with Crippen molar-refractivity contribution in [2.24, 2.45) is 0 Å². The molecule has 2 rings (SSSR count). The molecule has 1 aliphatic rings. The van der Waals surface area contributed by atoms with Gasteiger partial charge in [0, 0.05) is 18.6 Å². The van der Waals surface area contributed by atoms with E-state index in [2.05, 4.69) is 0 Å². The highest BCUT2D eigenvalue weighted by Gasteiger charge is 2.25. The van der Waals surface area contributed by atoms with E-state index in [1.807, 2.05) is 25.1 Å². The first-order valence-electron chi connectivity index (χ1n) is 5.65. The molecule has 0 saturated carbocycles. The zero-order valence-corrected chi connectivity index (χ0v) is 9.77. The largest absolute Gasteiger partial charge is 0.496 e. The average Bonchev–Trinajstić information content (AvgIpc) is 2.28. The van der Waals surface area contributed by atoms with Crippen molar-refractivity contribution in [2.75, 3.05) is 13.7 Å². The van der Waals surface area contributed by atoms with Crippen LogP contribution in [-0.2, 0) is 4.74 Å². The van der Waals surface area contributed by atoms with Crippen molar-refractivity contribution in [3.05, 3.63) is 29.3 Å². The third-order valence-corrected chi connectivity index (χ3v) is 3.08. The molecule has 0 aliphatic carbocycles. The van der Waals surface area contributed by atoms with Crippen LogP contribution in [0.25, 0.3) is 0 Å². The Balaban J connectivity index is 2.30. The van der Waals surface area contributed by atoms with Crippen LogP contribution in [0.5, 0.6) is 5.75 Å². The van der Waals surface area contributed by atoms with Crippen LogP contribution in [0.1, 0.15) is 30.1 Å².